The third-order valence-corrected chi connectivity index (χ3v) is 6.78. The molecular weight excluding hydrogens is 498 g/mol. The van der Waals surface area contributed by atoms with Crippen LogP contribution in [0.15, 0.2) is 48.5 Å². The molecule has 39 heavy (non-hydrogen) atoms. The SMILES string of the molecule is C[C@H]1CN([C@@H](C)CO)C(=O)c2cc(NC(=O)CCCN(C)C)ccc2O[C@H]1CN(C)C(=O)Nc1ccccc1. The molecule has 0 fully saturated rings. The van der Waals surface area contributed by atoms with Crippen LogP contribution in [0.5, 0.6) is 5.75 Å². The number of benzene rings is 2. The van der Waals surface area contributed by atoms with Gasteiger partial charge in [-0.05, 0) is 64.3 Å². The minimum Gasteiger partial charge on any atom is -0.487 e. The lowest BCUT2D eigenvalue weighted by Gasteiger charge is -2.38. The molecule has 0 spiro atoms. The smallest absolute Gasteiger partial charge is 0.321 e. The Balaban J connectivity index is 1.81. The number of ether oxygens (including phenoxy) is 1. The van der Waals surface area contributed by atoms with Crippen LogP contribution in [-0.2, 0) is 4.79 Å². The Hall–Kier alpha value is -3.63. The first-order chi connectivity index (χ1) is 18.6. The molecule has 0 aromatic heterocycles. The fourth-order valence-electron chi connectivity index (χ4n) is 4.39. The van der Waals surface area contributed by atoms with Crippen LogP contribution in [0.2, 0.25) is 0 Å². The van der Waals surface area contributed by atoms with Gasteiger partial charge in [-0.25, -0.2) is 4.79 Å². The summed E-state index contributed by atoms with van der Waals surface area (Å²) < 4.78 is 6.35. The van der Waals surface area contributed by atoms with Crippen molar-refractivity contribution in [2.45, 2.75) is 38.8 Å². The van der Waals surface area contributed by atoms with Gasteiger partial charge in [-0.1, -0.05) is 25.1 Å². The number of carbonyl (C=O) groups is 3. The molecule has 10 heteroatoms. The molecule has 3 N–H and O–H groups in total. The number of amides is 4. The maximum absolute atomic E-state index is 13.6. The highest BCUT2D eigenvalue weighted by Crippen LogP contribution is 2.31. The highest BCUT2D eigenvalue weighted by molar-refractivity contribution is 6.00. The second-order valence-corrected chi connectivity index (χ2v) is 10.5. The van der Waals surface area contributed by atoms with Crippen LogP contribution in [0.3, 0.4) is 0 Å². The number of aliphatic hydroxyl groups excluding tert-OH is 1. The van der Waals surface area contributed by atoms with E-state index < -0.39 is 12.1 Å². The lowest BCUT2D eigenvalue weighted by molar-refractivity contribution is -0.116. The van der Waals surface area contributed by atoms with E-state index in [-0.39, 0.29) is 36.9 Å². The van der Waals surface area contributed by atoms with Crippen molar-refractivity contribution in [3.8, 4) is 5.75 Å². The second kappa shape index (κ2) is 14.0. The number of anilines is 2. The van der Waals surface area contributed by atoms with Gasteiger partial charge in [-0.15, -0.1) is 0 Å². The first-order valence-electron chi connectivity index (χ1n) is 13.3. The van der Waals surface area contributed by atoms with Crippen molar-refractivity contribution in [3.63, 3.8) is 0 Å². The number of para-hydroxylation sites is 1. The predicted octanol–water partition coefficient (Wildman–Crippen LogP) is 3.35. The molecule has 0 unspecified atom stereocenters. The van der Waals surface area contributed by atoms with Crippen LogP contribution < -0.4 is 15.4 Å². The van der Waals surface area contributed by atoms with E-state index in [4.69, 9.17) is 4.74 Å². The summed E-state index contributed by atoms with van der Waals surface area (Å²) in [6, 6.07) is 13.5. The number of urea groups is 1. The Labute approximate surface area is 230 Å². The largest absolute Gasteiger partial charge is 0.487 e. The van der Waals surface area contributed by atoms with Gasteiger partial charge in [0.25, 0.3) is 5.91 Å². The fraction of sp³-hybridized carbons (Fsp3) is 0.483. The minimum atomic E-state index is -0.428. The Kier molecular flexibility index (Phi) is 10.7. The maximum atomic E-state index is 13.6. The molecular formula is C29H41N5O5. The molecule has 212 valence electrons. The van der Waals surface area contributed by atoms with E-state index in [0.717, 1.165) is 13.0 Å². The zero-order valence-electron chi connectivity index (χ0n) is 23.5. The number of hydrogen-bond acceptors (Lipinski definition) is 6. The highest BCUT2D eigenvalue weighted by atomic mass is 16.5. The number of carbonyl (C=O) groups excluding carboxylic acids is 3. The third-order valence-electron chi connectivity index (χ3n) is 6.78. The van der Waals surface area contributed by atoms with Crippen LogP contribution in [0.4, 0.5) is 16.2 Å². The van der Waals surface area contributed by atoms with Crippen molar-refractivity contribution >= 4 is 29.2 Å². The van der Waals surface area contributed by atoms with E-state index in [2.05, 4.69) is 10.6 Å². The van der Waals surface area contributed by atoms with Gasteiger partial charge >= 0.3 is 6.03 Å². The van der Waals surface area contributed by atoms with Crippen molar-refractivity contribution in [1.82, 2.24) is 14.7 Å². The molecule has 1 aliphatic rings. The van der Waals surface area contributed by atoms with Gasteiger partial charge in [0, 0.05) is 37.3 Å². The molecule has 0 aliphatic carbocycles. The summed E-state index contributed by atoms with van der Waals surface area (Å²) >= 11 is 0. The van der Waals surface area contributed by atoms with Crippen LogP contribution >= 0.6 is 0 Å². The van der Waals surface area contributed by atoms with Crippen molar-refractivity contribution in [2.75, 3.05) is 58.0 Å². The quantitative estimate of drug-likeness (QED) is 0.427. The summed E-state index contributed by atoms with van der Waals surface area (Å²) in [6.07, 6.45) is 0.659. The molecule has 2 aromatic carbocycles. The first kappa shape index (κ1) is 29.9. The van der Waals surface area contributed by atoms with Crippen molar-refractivity contribution in [3.05, 3.63) is 54.1 Å². The molecule has 3 atom stereocenters. The van der Waals surface area contributed by atoms with Gasteiger partial charge in [0.2, 0.25) is 5.91 Å². The molecule has 0 saturated carbocycles. The van der Waals surface area contributed by atoms with Gasteiger partial charge in [-0.3, -0.25) is 9.59 Å². The van der Waals surface area contributed by atoms with Crippen LogP contribution in [-0.4, -0.2) is 97.2 Å². The van der Waals surface area contributed by atoms with Crippen LogP contribution in [0, 0.1) is 5.92 Å². The molecule has 1 heterocycles. The third kappa shape index (κ3) is 8.43. The summed E-state index contributed by atoms with van der Waals surface area (Å²) in [5.41, 5.74) is 1.49. The van der Waals surface area contributed by atoms with Crippen LogP contribution in [0.1, 0.15) is 37.0 Å². The summed E-state index contributed by atoms with van der Waals surface area (Å²) in [7, 11) is 5.61. The number of hydrogen-bond donors (Lipinski definition) is 3. The highest BCUT2D eigenvalue weighted by Gasteiger charge is 2.34. The van der Waals surface area contributed by atoms with Crippen molar-refractivity contribution in [2.24, 2.45) is 5.92 Å². The van der Waals surface area contributed by atoms with E-state index in [0.29, 0.717) is 35.7 Å². The molecule has 0 radical (unpaired) electrons. The average molecular weight is 540 g/mol. The predicted molar refractivity (Wildman–Crippen MR) is 152 cm³/mol. The minimum absolute atomic E-state index is 0.130. The molecule has 3 rings (SSSR count). The zero-order chi connectivity index (χ0) is 28.5. The lowest BCUT2D eigenvalue weighted by Crippen LogP contribution is -2.50. The topological polar surface area (TPSA) is 114 Å². The van der Waals surface area contributed by atoms with Gasteiger partial charge in [0.15, 0.2) is 0 Å². The summed E-state index contributed by atoms with van der Waals surface area (Å²) in [6.45, 7) is 4.97. The van der Waals surface area contributed by atoms with Gasteiger partial charge < -0.3 is 35.2 Å². The Morgan fingerprint density at radius 2 is 1.82 bits per heavy atom. The molecule has 0 saturated heterocycles. The van der Waals surface area contributed by atoms with E-state index in [1.165, 1.54) is 0 Å². The first-order valence-corrected chi connectivity index (χ1v) is 13.3. The Bertz CT molecular complexity index is 1130. The molecule has 10 nitrogen and oxygen atoms in total. The zero-order valence-corrected chi connectivity index (χ0v) is 23.5. The summed E-state index contributed by atoms with van der Waals surface area (Å²) in [5, 5.41) is 15.6. The lowest BCUT2D eigenvalue weighted by atomic mass is 9.99. The summed E-state index contributed by atoms with van der Waals surface area (Å²) in [5.74, 6) is -0.182. The molecule has 1 aliphatic heterocycles. The van der Waals surface area contributed by atoms with Crippen LogP contribution in [0.25, 0.3) is 0 Å². The van der Waals surface area contributed by atoms with Crippen molar-refractivity contribution in [1.29, 1.82) is 0 Å². The number of likely N-dealkylation sites (N-methyl/N-ethyl adjacent to an activating group) is 1. The molecule has 2 aromatic rings. The molecule has 0 bridgehead atoms. The number of fused-ring (bicyclic) bond motifs is 1. The number of aliphatic hydroxyl groups is 1. The van der Waals surface area contributed by atoms with Gasteiger partial charge in [-0.2, -0.15) is 0 Å². The van der Waals surface area contributed by atoms with E-state index in [9.17, 15) is 19.5 Å². The van der Waals surface area contributed by atoms with E-state index >= 15 is 0 Å². The maximum Gasteiger partial charge on any atom is 0.321 e. The Morgan fingerprint density at radius 1 is 1.10 bits per heavy atom. The van der Waals surface area contributed by atoms with E-state index in [1.54, 1.807) is 42.0 Å². The monoisotopic (exact) mass is 539 g/mol. The van der Waals surface area contributed by atoms with E-state index in [1.807, 2.05) is 56.3 Å². The Morgan fingerprint density at radius 3 is 2.49 bits per heavy atom. The average Bonchev–Trinajstić information content (AvgIpc) is 2.90. The number of nitrogens with one attached hydrogen (secondary N) is 2. The second-order valence-electron chi connectivity index (χ2n) is 10.5. The fourth-order valence-corrected chi connectivity index (χ4v) is 4.39. The van der Waals surface area contributed by atoms with Gasteiger partial charge in [0.05, 0.1) is 24.8 Å². The summed E-state index contributed by atoms with van der Waals surface area (Å²) in [4.78, 5) is 44.1. The standard InChI is InChI=1S/C29H41N5O5/c1-20-17-34(21(2)19-35)28(37)24-16-23(30-27(36)12-9-15-32(3)4)13-14-25(24)39-26(20)18-33(5)29(38)31-22-10-7-6-8-11-22/h6-8,10-11,13-14,16,20-21,26,35H,9,12,15,17-19H2,1-5H3,(H,30,36)(H,31,38)/t20-,21-,26-/m0/s1. The number of nitrogens with zero attached hydrogens (tertiary/aromatic N) is 3. The normalized spacial score (nSPS) is 17.9. The van der Waals surface area contributed by atoms with Gasteiger partial charge in [0.1, 0.15) is 11.9 Å². The molecule has 4 amide bonds. The van der Waals surface area contributed by atoms with Crippen molar-refractivity contribution < 1.29 is 24.2 Å². The number of rotatable bonds is 10.